The van der Waals surface area contributed by atoms with Crippen molar-refractivity contribution in [2.45, 2.75) is 17.4 Å². The highest BCUT2D eigenvalue weighted by Crippen LogP contribution is 2.32. The molecular weight excluding hydrogens is 536 g/mol. The van der Waals surface area contributed by atoms with Crippen LogP contribution in [-0.4, -0.2) is 45.4 Å². The molecule has 12 heteroatoms. The molecule has 4 aromatic rings. The number of amides is 1. The van der Waals surface area contributed by atoms with Crippen LogP contribution in [0, 0.1) is 5.41 Å². The summed E-state index contributed by atoms with van der Waals surface area (Å²) in [6, 6.07) is 17.7. The molecule has 0 aliphatic rings. The van der Waals surface area contributed by atoms with E-state index in [2.05, 4.69) is 15.9 Å². The van der Waals surface area contributed by atoms with Gasteiger partial charge in [0.05, 0.1) is 28.3 Å². The Labute approximate surface area is 230 Å². The van der Waals surface area contributed by atoms with Gasteiger partial charge in [0.15, 0.2) is 0 Å². The Morgan fingerprint density at radius 2 is 1.90 bits per heavy atom. The van der Waals surface area contributed by atoms with Crippen molar-refractivity contribution in [3.8, 4) is 5.75 Å². The van der Waals surface area contributed by atoms with E-state index in [1.165, 1.54) is 35.6 Å². The maximum atomic E-state index is 13.6. The first-order chi connectivity index (χ1) is 18.7. The molecule has 4 rings (SSSR count). The van der Waals surface area contributed by atoms with Crippen LogP contribution in [-0.2, 0) is 16.4 Å². The van der Waals surface area contributed by atoms with Crippen LogP contribution in [0.1, 0.15) is 32.5 Å². The van der Waals surface area contributed by atoms with E-state index >= 15 is 0 Å². The van der Waals surface area contributed by atoms with E-state index in [9.17, 15) is 13.2 Å². The molecule has 1 unspecified atom stereocenters. The Kier molecular flexibility index (Phi) is 8.75. The number of methoxy groups -OCH3 is 1. The van der Waals surface area contributed by atoms with Crippen LogP contribution in [0.2, 0.25) is 0 Å². The molecule has 1 aromatic heterocycles. The quantitative estimate of drug-likeness (QED) is 0.174. The molecule has 0 fully saturated rings. The fraction of sp³-hybridized carbons (Fsp3) is 0.185. The number of benzene rings is 3. The lowest BCUT2D eigenvalue weighted by atomic mass is 10.0. The molecule has 0 aliphatic carbocycles. The molecule has 0 bridgehead atoms. The monoisotopic (exact) mass is 564 g/mol. The van der Waals surface area contributed by atoms with Crippen LogP contribution in [0.15, 0.2) is 71.6 Å². The molecule has 202 valence electrons. The van der Waals surface area contributed by atoms with Crippen LogP contribution in [0.5, 0.6) is 5.75 Å². The number of hydrogen-bond acceptors (Lipinski definition) is 9. The van der Waals surface area contributed by atoms with Crippen molar-refractivity contribution in [1.29, 1.82) is 5.41 Å². The van der Waals surface area contributed by atoms with Crippen LogP contribution >= 0.6 is 11.3 Å². The minimum Gasteiger partial charge on any atom is -0.497 e. The van der Waals surface area contributed by atoms with Gasteiger partial charge in [0.2, 0.25) is 10.0 Å². The zero-order chi connectivity index (χ0) is 28.0. The fourth-order valence-corrected chi connectivity index (χ4v) is 6.27. The predicted molar refractivity (Wildman–Crippen MR) is 153 cm³/mol. The average molecular weight is 565 g/mol. The Bertz CT molecular complexity index is 1660. The summed E-state index contributed by atoms with van der Waals surface area (Å²) >= 11 is 1.36. The van der Waals surface area contributed by atoms with Gasteiger partial charge in [0.1, 0.15) is 16.5 Å². The number of carbonyl (C=O) groups excluding carboxylic acids is 1. The van der Waals surface area contributed by atoms with Crippen molar-refractivity contribution < 1.29 is 17.9 Å². The summed E-state index contributed by atoms with van der Waals surface area (Å²) in [6.45, 7) is 0.540. The number of sulfonamides is 1. The number of nitrogens with one attached hydrogen (secondary N) is 3. The van der Waals surface area contributed by atoms with Gasteiger partial charge in [-0.3, -0.25) is 10.2 Å². The van der Waals surface area contributed by atoms with Crippen molar-refractivity contribution in [3.05, 3.63) is 88.4 Å². The van der Waals surface area contributed by atoms with Crippen molar-refractivity contribution in [1.82, 2.24) is 15.0 Å². The lowest BCUT2D eigenvalue weighted by molar-refractivity contribution is 0.0954. The third kappa shape index (κ3) is 6.69. The van der Waals surface area contributed by atoms with Gasteiger partial charge in [-0.2, -0.15) is 0 Å². The number of thiazole rings is 1. The maximum Gasteiger partial charge on any atom is 0.251 e. The highest BCUT2D eigenvalue weighted by atomic mass is 32.2. The number of rotatable bonds is 11. The Balaban J connectivity index is 1.72. The number of fused-ring (bicyclic) bond motifs is 1. The van der Waals surface area contributed by atoms with Gasteiger partial charge in [-0.05, 0) is 54.4 Å². The van der Waals surface area contributed by atoms with E-state index in [1.807, 2.05) is 18.2 Å². The average Bonchev–Trinajstić information content (AvgIpc) is 3.38. The molecule has 0 spiro atoms. The summed E-state index contributed by atoms with van der Waals surface area (Å²) in [7, 11) is -2.50. The summed E-state index contributed by atoms with van der Waals surface area (Å²) in [4.78, 5) is 17.0. The summed E-state index contributed by atoms with van der Waals surface area (Å²) in [6.07, 6.45) is 0.256. The fourth-order valence-electron chi connectivity index (χ4n) is 3.90. The molecule has 10 nitrogen and oxygen atoms in total. The third-order valence-electron chi connectivity index (χ3n) is 5.86. The first-order valence-corrected chi connectivity index (χ1v) is 14.2. The highest BCUT2D eigenvalue weighted by molar-refractivity contribution is 7.89. The van der Waals surface area contributed by atoms with E-state index in [1.54, 1.807) is 31.4 Å². The van der Waals surface area contributed by atoms with Crippen LogP contribution in [0.4, 0.5) is 0 Å². The highest BCUT2D eigenvalue weighted by Gasteiger charge is 2.26. The summed E-state index contributed by atoms with van der Waals surface area (Å²) in [5.41, 5.74) is 13.8. The van der Waals surface area contributed by atoms with E-state index in [0.29, 0.717) is 21.8 Å². The van der Waals surface area contributed by atoms with Crippen LogP contribution in [0.3, 0.4) is 0 Å². The zero-order valence-corrected chi connectivity index (χ0v) is 22.7. The van der Waals surface area contributed by atoms with Crippen molar-refractivity contribution in [3.63, 3.8) is 0 Å². The first-order valence-electron chi connectivity index (χ1n) is 11.9. The number of nitrogens with two attached hydrogens (primary N) is 2. The molecular formula is C27H28N6O4S2. The largest absolute Gasteiger partial charge is 0.497 e. The van der Waals surface area contributed by atoms with Gasteiger partial charge < -0.3 is 21.5 Å². The van der Waals surface area contributed by atoms with E-state index in [4.69, 9.17) is 26.6 Å². The number of ether oxygens (including phenoxy) is 1. The Morgan fingerprint density at radius 3 is 2.64 bits per heavy atom. The molecule has 0 saturated carbocycles. The molecule has 1 amide bonds. The van der Waals surface area contributed by atoms with Gasteiger partial charge in [-0.1, -0.05) is 24.3 Å². The smallest absolute Gasteiger partial charge is 0.251 e. The number of nitrogens with zero attached hydrogens (tertiary/aromatic N) is 1. The third-order valence-corrected chi connectivity index (χ3v) is 8.46. The molecule has 1 atom stereocenters. The minimum atomic E-state index is -4.07. The second kappa shape index (κ2) is 12.2. The Morgan fingerprint density at radius 1 is 1.13 bits per heavy atom. The van der Waals surface area contributed by atoms with Gasteiger partial charge in [-0.25, -0.2) is 18.1 Å². The van der Waals surface area contributed by atoms with Crippen molar-refractivity contribution in [2.24, 2.45) is 11.5 Å². The van der Waals surface area contributed by atoms with E-state index < -0.39 is 22.0 Å². The number of aromatic nitrogens is 1. The molecule has 0 radical (unpaired) electrons. The maximum absolute atomic E-state index is 13.6. The topological polar surface area (TPSA) is 173 Å². The first kappa shape index (κ1) is 28.0. The summed E-state index contributed by atoms with van der Waals surface area (Å²) < 4.78 is 36.1. The standard InChI is InChI=1S/C27H28N6O4S2/c1-37-20-8-9-23-25(15-20)38-27(32-23)24(13-17-4-2-5-18(12-17)22(30)16-29)33-39(35,36)21-7-3-6-19(14-21)26(34)31-11-10-28/h2-9,12,14-15,24,29,33H,10-11,13,28,30H2,1H3,(H,31,34). The lowest BCUT2D eigenvalue weighted by Crippen LogP contribution is -2.31. The Hall–Kier alpha value is -4.06. The second-order valence-corrected chi connectivity index (χ2v) is 11.4. The number of carbonyl (C=O) groups is 1. The normalized spacial score (nSPS) is 12.1. The van der Waals surface area contributed by atoms with Gasteiger partial charge >= 0.3 is 0 Å². The molecule has 7 N–H and O–H groups in total. The van der Waals surface area contributed by atoms with Crippen molar-refractivity contribution >= 4 is 49.1 Å². The van der Waals surface area contributed by atoms with E-state index in [-0.39, 0.29) is 35.7 Å². The van der Waals surface area contributed by atoms with Gasteiger partial charge in [0, 0.05) is 30.1 Å². The van der Waals surface area contributed by atoms with Crippen molar-refractivity contribution in [2.75, 3.05) is 20.2 Å². The van der Waals surface area contributed by atoms with Gasteiger partial charge in [-0.15, -0.1) is 11.3 Å². The molecule has 0 saturated heterocycles. The lowest BCUT2D eigenvalue weighted by Gasteiger charge is -2.18. The van der Waals surface area contributed by atoms with E-state index in [0.717, 1.165) is 10.3 Å². The minimum absolute atomic E-state index is 0.0552. The van der Waals surface area contributed by atoms with Gasteiger partial charge in [0.25, 0.3) is 5.91 Å². The zero-order valence-electron chi connectivity index (χ0n) is 21.1. The summed E-state index contributed by atoms with van der Waals surface area (Å²) in [5.74, 6) is 2.43. The van der Waals surface area contributed by atoms with Crippen LogP contribution in [0.25, 0.3) is 15.9 Å². The number of hydrogen-bond donors (Lipinski definition) is 5. The predicted octanol–water partition coefficient (Wildman–Crippen LogP) is 2.80. The molecule has 3 aromatic carbocycles. The van der Waals surface area contributed by atoms with Crippen LogP contribution < -0.4 is 26.2 Å². The SMILES string of the molecule is COc1ccc2nc(C(Cc3cccc(C(N)=C=N)c3)NS(=O)(=O)c3cccc(C(=O)NCCN)c3)sc2c1. The molecule has 1 heterocycles. The second-order valence-electron chi connectivity index (χ2n) is 8.58. The molecule has 0 aliphatic heterocycles. The molecule has 39 heavy (non-hydrogen) atoms. The summed E-state index contributed by atoms with van der Waals surface area (Å²) in [5, 5.41) is 10.5.